The minimum absolute atomic E-state index is 0.237. The fraction of sp³-hybridized carbons (Fsp3) is 0.425. The zero-order valence-corrected chi connectivity index (χ0v) is 32.3. The van der Waals surface area contributed by atoms with E-state index in [9.17, 15) is 9.59 Å². The van der Waals surface area contributed by atoms with Gasteiger partial charge in [0.1, 0.15) is 4.70 Å². The highest BCUT2D eigenvalue weighted by atomic mass is 32.2. The number of hydrogen-bond donors (Lipinski definition) is 2. The second kappa shape index (κ2) is 17.5. The number of carbonyl (C=O) groups is 2. The van der Waals surface area contributed by atoms with Gasteiger partial charge in [-0.15, -0.1) is 23.5 Å². The normalized spacial score (nSPS) is 18.8. The van der Waals surface area contributed by atoms with Crippen LogP contribution in [0.4, 0.5) is 5.69 Å². The van der Waals surface area contributed by atoms with Crippen LogP contribution in [0.15, 0.2) is 91.1 Å². The molecule has 3 aliphatic rings. The zero-order chi connectivity index (χ0) is 35.0. The van der Waals surface area contributed by atoms with Crippen molar-refractivity contribution in [1.82, 2.24) is 0 Å². The quantitative estimate of drug-likeness (QED) is 0.0852. The molecule has 0 saturated carbocycles. The summed E-state index contributed by atoms with van der Waals surface area (Å²) in [6.07, 6.45) is 24.1. The van der Waals surface area contributed by atoms with Crippen molar-refractivity contribution in [2.45, 2.75) is 98.3 Å². The highest BCUT2D eigenvalue weighted by Crippen LogP contribution is 2.48. The van der Waals surface area contributed by atoms with Crippen LogP contribution in [0.25, 0.3) is 16.3 Å². The SMILES string of the molecule is CSc1ccc2c(c1)N(CCCCCC(=O)O)/C(=C/C1=CC3=C/C(=C/c4sc5ccc(SC)cc5[n+]4CCCCCC(=O)O)CCC3CC1)S2. The summed E-state index contributed by atoms with van der Waals surface area (Å²) in [5.74, 6) is -0.829. The van der Waals surface area contributed by atoms with Gasteiger partial charge in [0.25, 0.3) is 5.01 Å². The number of fused-ring (bicyclic) bond motifs is 3. The molecule has 10 heteroatoms. The Morgan fingerprint density at radius 2 is 1.60 bits per heavy atom. The molecule has 2 N–H and O–H groups in total. The lowest BCUT2D eigenvalue weighted by Gasteiger charge is -2.29. The van der Waals surface area contributed by atoms with Crippen molar-refractivity contribution in [2.24, 2.45) is 5.92 Å². The Kier molecular flexibility index (Phi) is 12.9. The van der Waals surface area contributed by atoms with Gasteiger partial charge in [-0.05, 0) is 123 Å². The Morgan fingerprint density at radius 3 is 2.36 bits per heavy atom. The molecule has 2 aliphatic carbocycles. The molecule has 6 nitrogen and oxygen atoms in total. The minimum Gasteiger partial charge on any atom is -0.481 e. The number of carboxylic acids is 2. The molecule has 2 aromatic carbocycles. The number of nitrogens with zero attached hydrogens (tertiary/aromatic N) is 2. The maximum Gasteiger partial charge on any atom is 0.303 e. The van der Waals surface area contributed by atoms with Crippen LogP contribution in [-0.2, 0) is 16.1 Å². The van der Waals surface area contributed by atoms with Gasteiger partial charge in [0.15, 0.2) is 6.54 Å². The minimum atomic E-state index is -0.715. The van der Waals surface area contributed by atoms with E-state index in [0.717, 1.165) is 64.5 Å². The first kappa shape index (κ1) is 36.9. The molecular weight excluding hydrogens is 701 g/mol. The third kappa shape index (κ3) is 9.29. The van der Waals surface area contributed by atoms with Crippen molar-refractivity contribution in [1.29, 1.82) is 0 Å². The number of hydrogen-bond acceptors (Lipinski definition) is 7. The van der Waals surface area contributed by atoms with Crippen molar-refractivity contribution in [3.05, 3.63) is 81.4 Å². The first-order valence-electron chi connectivity index (χ1n) is 17.7. The summed E-state index contributed by atoms with van der Waals surface area (Å²) in [5.41, 5.74) is 6.75. The summed E-state index contributed by atoms with van der Waals surface area (Å²) >= 11 is 7.24. The van der Waals surface area contributed by atoms with Crippen molar-refractivity contribution >= 4 is 80.5 Å². The number of aromatic nitrogens is 1. The number of carboxylic acid groups (broad SMARTS) is 2. The number of allylic oxidation sites excluding steroid dienone is 6. The molecule has 0 amide bonds. The van der Waals surface area contributed by atoms with Crippen LogP contribution >= 0.6 is 46.6 Å². The third-order valence-corrected chi connectivity index (χ3v) is 13.5. The van der Waals surface area contributed by atoms with Gasteiger partial charge in [-0.3, -0.25) is 9.59 Å². The maximum absolute atomic E-state index is 11.0. The van der Waals surface area contributed by atoms with Gasteiger partial charge in [0.05, 0.1) is 10.7 Å². The Balaban J connectivity index is 1.24. The fourth-order valence-corrected chi connectivity index (χ4v) is 10.2. The molecule has 0 bridgehead atoms. The molecule has 2 heterocycles. The Bertz CT molecular complexity index is 1860. The zero-order valence-electron chi connectivity index (χ0n) is 29.0. The third-order valence-electron chi connectivity index (χ3n) is 9.78. The standard InChI is InChI=1S/C40H46N2O4S4/c1-47-31-15-17-35-33(25-31)41(19-7-3-5-9-39(43)44)37(49-35)23-27-11-13-29-14-12-28(22-30(29)21-27)24-38-42(20-8-4-6-10-40(45)46)34-26-32(48-2)16-18-36(34)50-38/h15-18,21-26,29H,3-14,19-20H2,1-2H3,(H-,43,44,45,46)/p+1. The smallest absolute Gasteiger partial charge is 0.303 e. The Labute approximate surface area is 312 Å². The fourth-order valence-electron chi connectivity index (χ4n) is 7.09. The van der Waals surface area contributed by atoms with E-state index < -0.39 is 11.9 Å². The molecule has 1 atom stereocenters. The van der Waals surface area contributed by atoms with Gasteiger partial charge in [0.2, 0.25) is 5.52 Å². The lowest BCUT2D eigenvalue weighted by molar-refractivity contribution is -0.669. The number of rotatable bonds is 16. The average Bonchev–Trinajstić information content (AvgIpc) is 3.62. The number of aryl methyl sites for hydroxylation is 1. The van der Waals surface area contributed by atoms with E-state index in [1.54, 1.807) is 23.5 Å². The summed E-state index contributed by atoms with van der Waals surface area (Å²) in [7, 11) is 0. The first-order valence-corrected chi connectivity index (χ1v) is 21.8. The molecule has 0 spiro atoms. The van der Waals surface area contributed by atoms with Crippen LogP contribution in [0, 0.1) is 5.92 Å². The number of aliphatic carboxylic acids is 2. The predicted octanol–water partition coefficient (Wildman–Crippen LogP) is 10.8. The molecule has 264 valence electrons. The molecular formula is C40H47N2O4S4+. The molecule has 3 aromatic rings. The second-order valence-corrected chi connectivity index (χ2v) is 17.1. The lowest BCUT2D eigenvalue weighted by Crippen LogP contribution is -2.35. The summed E-state index contributed by atoms with van der Waals surface area (Å²) in [5, 5.41) is 20.7. The van der Waals surface area contributed by atoms with Crippen molar-refractivity contribution < 1.29 is 24.4 Å². The van der Waals surface area contributed by atoms with Gasteiger partial charge in [0, 0.05) is 52.6 Å². The number of thiazole rings is 1. The molecule has 0 saturated heterocycles. The molecule has 0 radical (unpaired) electrons. The molecule has 50 heavy (non-hydrogen) atoms. The van der Waals surface area contributed by atoms with Crippen molar-refractivity contribution in [2.75, 3.05) is 24.0 Å². The van der Waals surface area contributed by atoms with E-state index in [1.165, 1.54) is 70.2 Å². The maximum atomic E-state index is 11.0. The van der Waals surface area contributed by atoms with Gasteiger partial charge in [-0.25, -0.2) is 0 Å². The van der Waals surface area contributed by atoms with Crippen LogP contribution in [0.3, 0.4) is 0 Å². The van der Waals surface area contributed by atoms with E-state index >= 15 is 0 Å². The topological polar surface area (TPSA) is 81.7 Å². The summed E-state index contributed by atoms with van der Waals surface area (Å²) in [6.45, 7) is 1.78. The van der Waals surface area contributed by atoms with E-state index in [1.807, 2.05) is 23.1 Å². The van der Waals surface area contributed by atoms with Gasteiger partial charge in [-0.2, -0.15) is 4.57 Å². The van der Waals surface area contributed by atoms with Gasteiger partial charge >= 0.3 is 11.9 Å². The number of unbranched alkanes of at least 4 members (excludes halogenated alkanes) is 4. The monoisotopic (exact) mass is 747 g/mol. The van der Waals surface area contributed by atoms with Crippen LogP contribution in [0.2, 0.25) is 0 Å². The van der Waals surface area contributed by atoms with Crippen LogP contribution in [0.1, 0.15) is 82.1 Å². The Hall–Kier alpha value is -2.92. The van der Waals surface area contributed by atoms with E-state index in [0.29, 0.717) is 5.92 Å². The van der Waals surface area contributed by atoms with E-state index in [-0.39, 0.29) is 12.8 Å². The number of thioether (sulfide) groups is 3. The summed E-state index contributed by atoms with van der Waals surface area (Å²) in [4.78, 5) is 28.3. The summed E-state index contributed by atoms with van der Waals surface area (Å²) < 4.78 is 3.75. The molecule has 1 aromatic heterocycles. The summed E-state index contributed by atoms with van der Waals surface area (Å²) in [6, 6.07) is 13.5. The lowest BCUT2D eigenvalue weighted by atomic mass is 9.77. The highest BCUT2D eigenvalue weighted by Gasteiger charge is 2.28. The van der Waals surface area contributed by atoms with Crippen LogP contribution in [-0.4, -0.2) is 41.2 Å². The second-order valence-electron chi connectivity index (χ2n) is 13.3. The van der Waals surface area contributed by atoms with Crippen molar-refractivity contribution in [3.8, 4) is 0 Å². The molecule has 0 fully saturated rings. The van der Waals surface area contributed by atoms with E-state index in [4.69, 9.17) is 10.2 Å². The molecule has 1 unspecified atom stereocenters. The van der Waals surface area contributed by atoms with E-state index in [2.05, 4.69) is 82.7 Å². The van der Waals surface area contributed by atoms with Crippen LogP contribution in [0.5, 0.6) is 0 Å². The molecule has 6 rings (SSSR count). The number of anilines is 1. The van der Waals surface area contributed by atoms with Gasteiger partial charge < -0.3 is 15.1 Å². The highest BCUT2D eigenvalue weighted by molar-refractivity contribution is 8.03. The largest absolute Gasteiger partial charge is 0.481 e. The Morgan fingerprint density at radius 1 is 0.880 bits per heavy atom. The average molecular weight is 748 g/mol. The number of benzene rings is 2. The predicted molar refractivity (Wildman–Crippen MR) is 212 cm³/mol. The molecule has 1 aliphatic heterocycles. The first-order chi connectivity index (χ1) is 24.3. The van der Waals surface area contributed by atoms with Crippen molar-refractivity contribution in [3.63, 3.8) is 0 Å². The van der Waals surface area contributed by atoms with Crippen LogP contribution < -0.4 is 9.47 Å². The van der Waals surface area contributed by atoms with Gasteiger partial charge in [-0.1, -0.05) is 41.7 Å².